The van der Waals surface area contributed by atoms with E-state index in [1.165, 1.54) is 31.1 Å². The molecule has 0 saturated heterocycles. The van der Waals surface area contributed by atoms with Crippen molar-refractivity contribution in [3.63, 3.8) is 0 Å². The molecule has 106 valence electrons. The molecule has 19 heavy (non-hydrogen) atoms. The Balaban J connectivity index is 2.26. The van der Waals surface area contributed by atoms with Gasteiger partial charge >= 0.3 is 0 Å². The molecule has 0 spiro atoms. The molecule has 1 aromatic carbocycles. The number of thioether (sulfide) groups is 1. The number of halogens is 1. The number of unbranched alkanes of at least 4 members (excludes halogenated alkanes) is 3. The molecule has 0 radical (unpaired) electrons. The molecule has 0 fully saturated rings. The van der Waals surface area contributed by atoms with Gasteiger partial charge in [0.05, 0.1) is 0 Å². The van der Waals surface area contributed by atoms with E-state index in [-0.39, 0.29) is 10.8 Å². The van der Waals surface area contributed by atoms with Crippen molar-refractivity contribution in [1.29, 1.82) is 0 Å². The highest BCUT2D eigenvalue weighted by Crippen LogP contribution is 2.15. The average Bonchev–Trinajstić information content (AvgIpc) is 2.37. The zero-order valence-corrected chi connectivity index (χ0v) is 12.9. The molecular formula is C14H21FN2S2. The van der Waals surface area contributed by atoms with E-state index in [0.29, 0.717) is 5.56 Å². The molecule has 0 unspecified atom stereocenters. The first-order valence-corrected chi connectivity index (χ1v) is 8.27. The standard InChI is InChI=1S/C14H21FN2S2/c1-19-9-5-3-2-4-8-17-11-6-7-12(14(16)18)13(15)10-11/h6-7,10,17H,2-5,8-9H2,1H3,(H2,16,18). The molecule has 1 aromatic rings. The number of rotatable bonds is 9. The molecule has 0 saturated carbocycles. The Morgan fingerprint density at radius 2 is 2.05 bits per heavy atom. The van der Waals surface area contributed by atoms with E-state index in [2.05, 4.69) is 11.6 Å². The molecule has 5 heteroatoms. The monoisotopic (exact) mass is 300 g/mol. The maximum absolute atomic E-state index is 13.6. The van der Waals surface area contributed by atoms with Crippen LogP contribution in [0.3, 0.4) is 0 Å². The van der Waals surface area contributed by atoms with Crippen LogP contribution in [-0.2, 0) is 0 Å². The van der Waals surface area contributed by atoms with Crippen LogP contribution in [-0.4, -0.2) is 23.5 Å². The van der Waals surface area contributed by atoms with E-state index in [1.54, 1.807) is 6.07 Å². The van der Waals surface area contributed by atoms with Gasteiger partial charge in [-0.1, -0.05) is 25.1 Å². The first-order valence-electron chi connectivity index (χ1n) is 6.47. The highest BCUT2D eigenvalue weighted by molar-refractivity contribution is 7.98. The van der Waals surface area contributed by atoms with Gasteiger partial charge in [-0.05, 0) is 43.0 Å². The van der Waals surface area contributed by atoms with Crippen LogP contribution in [0.4, 0.5) is 10.1 Å². The lowest BCUT2D eigenvalue weighted by Crippen LogP contribution is -2.12. The Kier molecular flexibility index (Phi) is 7.82. The molecule has 0 atom stereocenters. The molecule has 2 nitrogen and oxygen atoms in total. The number of hydrogen-bond acceptors (Lipinski definition) is 3. The Labute approximate surface area is 124 Å². The van der Waals surface area contributed by atoms with Crippen molar-refractivity contribution in [2.75, 3.05) is 23.9 Å². The molecule has 0 aliphatic carbocycles. The fourth-order valence-corrected chi connectivity index (χ4v) is 2.44. The third kappa shape index (κ3) is 6.25. The summed E-state index contributed by atoms with van der Waals surface area (Å²) in [5.41, 5.74) is 6.50. The zero-order chi connectivity index (χ0) is 14.1. The van der Waals surface area contributed by atoms with Gasteiger partial charge in [0, 0.05) is 17.8 Å². The van der Waals surface area contributed by atoms with Crippen LogP contribution in [0.15, 0.2) is 18.2 Å². The molecule has 0 bridgehead atoms. The summed E-state index contributed by atoms with van der Waals surface area (Å²) in [5, 5.41) is 3.21. The van der Waals surface area contributed by atoms with Gasteiger partial charge in [-0.3, -0.25) is 0 Å². The van der Waals surface area contributed by atoms with E-state index < -0.39 is 0 Å². The van der Waals surface area contributed by atoms with E-state index >= 15 is 0 Å². The second-order valence-electron chi connectivity index (χ2n) is 4.39. The first kappa shape index (κ1) is 16.2. The summed E-state index contributed by atoms with van der Waals surface area (Å²) < 4.78 is 13.6. The van der Waals surface area contributed by atoms with Crippen molar-refractivity contribution in [2.24, 2.45) is 5.73 Å². The lowest BCUT2D eigenvalue weighted by molar-refractivity contribution is 0.625. The molecule has 0 aromatic heterocycles. The maximum Gasteiger partial charge on any atom is 0.135 e. The van der Waals surface area contributed by atoms with Gasteiger partial charge in [-0.2, -0.15) is 11.8 Å². The SMILES string of the molecule is CSCCCCCCNc1ccc(C(N)=S)c(F)c1. The van der Waals surface area contributed by atoms with Crippen LogP contribution in [0.25, 0.3) is 0 Å². The summed E-state index contributed by atoms with van der Waals surface area (Å²) in [4.78, 5) is 0.0952. The number of anilines is 1. The van der Waals surface area contributed by atoms with Crippen molar-refractivity contribution < 1.29 is 4.39 Å². The van der Waals surface area contributed by atoms with Crippen LogP contribution in [0, 0.1) is 5.82 Å². The number of thiocarbonyl (C=S) groups is 1. The average molecular weight is 300 g/mol. The summed E-state index contributed by atoms with van der Waals surface area (Å²) in [6.07, 6.45) is 6.98. The lowest BCUT2D eigenvalue weighted by Gasteiger charge is -2.08. The van der Waals surface area contributed by atoms with Gasteiger partial charge in [0.25, 0.3) is 0 Å². The zero-order valence-electron chi connectivity index (χ0n) is 11.2. The van der Waals surface area contributed by atoms with Crippen molar-refractivity contribution in [2.45, 2.75) is 25.7 Å². The minimum absolute atomic E-state index is 0.0952. The van der Waals surface area contributed by atoms with E-state index in [9.17, 15) is 4.39 Å². The van der Waals surface area contributed by atoms with E-state index in [0.717, 1.165) is 18.7 Å². The number of nitrogens with two attached hydrogens (primary N) is 1. The molecule has 1 rings (SSSR count). The smallest absolute Gasteiger partial charge is 0.135 e. The number of nitrogens with one attached hydrogen (secondary N) is 1. The highest BCUT2D eigenvalue weighted by atomic mass is 32.2. The van der Waals surface area contributed by atoms with Crippen LogP contribution >= 0.6 is 24.0 Å². The summed E-state index contributed by atoms with van der Waals surface area (Å²) in [7, 11) is 0. The van der Waals surface area contributed by atoms with Crippen molar-refractivity contribution in [3.05, 3.63) is 29.6 Å². The van der Waals surface area contributed by atoms with Gasteiger partial charge in [-0.15, -0.1) is 0 Å². The second-order valence-corrected chi connectivity index (χ2v) is 5.82. The molecule has 0 amide bonds. The lowest BCUT2D eigenvalue weighted by atomic mass is 10.1. The largest absolute Gasteiger partial charge is 0.389 e. The third-order valence-corrected chi connectivity index (χ3v) is 3.76. The molecule has 0 aliphatic rings. The quantitative estimate of drug-likeness (QED) is 0.537. The first-order chi connectivity index (χ1) is 9.15. The van der Waals surface area contributed by atoms with Crippen LogP contribution in [0.1, 0.15) is 31.2 Å². The molecule has 0 aliphatic heterocycles. The second kappa shape index (κ2) is 9.15. The topological polar surface area (TPSA) is 38.0 Å². The molecular weight excluding hydrogens is 279 g/mol. The fraction of sp³-hybridized carbons (Fsp3) is 0.500. The highest BCUT2D eigenvalue weighted by Gasteiger charge is 2.05. The van der Waals surface area contributed by atoms with Gasteiger partial charge < -0.3 is 11.1 Å². The Bertz CT molecular complexity index is 410. The van der Waals surface area contributed by atoms with Crippen molar-refractivity contribution >= 4 is 34.7 Å². The minimum Gasteiger partial charge on any atom is -0.389 e. The van der Waals surface area contributed by atoms with Gasteiger partial charge in [0.15, 0.2) is 0 Å². The summed E-state index contributed by atoms with van der Waals surface area (Å²) in [5.74, 6) is 0.872. The number of benzene rings is 1. The van der Waals surface area contributed by atoms with Crippen LogP contribution in [0.2, 0.25) is 0 Å². The van der Waals surface area contributed by atoms with Crippen LogP contribution in [0.5, 0.6) is 0 Å². The van der Waals surface area contributed by atoms with Gasteiger partial charge in [-0.25, -0.2) is 4.39 Å². The third-order valence-electron chi connectivity index (χ3n) is 2.84. The molecule has 0 heterocycles. The van der Waals surface area contributed by atoms with Gasteiger partial charge in [0.2, 0.25) is 0 Å². The maximum atomic E-state index is 13.6. The Morgan fingerprint density at radius 1 is 1.32 bits per heavy atom. The Hall–Kier alpha value is -0.810. The minimum atomic E-state index is -0.363. The van der Waals surface area contributed by atoms with Crippen molar-refractivity contribution in [1.82, 2.24) is 0 Å². The fourth-order valence-electron chi connectivity index (χ4n) is 1.78. The van der Waals surface area contributed by atoms with Gasteiger partial charge in [0.1, 0.15) is 10.8 Å². The van der Waals surface area contributed by atoms with Crippen LogP contribution < -0.4 is 11.1 Å². The van der Waals surface area contributed by atoms with E-state index in [4.69, 9.17) is 18.0 Å². The summed E-state index contributed by atoms with van der Waals surface area (Å²) in [6.45, 7) is 0.866. The summed E-state index contributed by atoms with van der Waals surface area (Å²) >= 11 is 6.65. The predicted molar refractivity (Wildman–Crippen MR) is 87.6 cm³/mol. The van der Waals surface area contributed by atoms with E-state index in [1.807, 2.05) is 17.8 Å². The summed E-state index contributed by atoms with van der Waals surface area (Å²) in [6, 6.07) is 4.88. The predicted octanol–water partition coefficient (Wildman–Crippen LogP) is 3.80. The number of hydrogen-bond donors (Lipinski definition) is 2. The van der Waals surface area contributed by atoms with Crippen molar-refractivity contribution in [3.8, 4) is 0 Å². The molecule has 3 N–H and O–H groups in total. The normalized spacial score (nSPS) is 10.4. The Morgan fingerprint density at radius 3 is 2.68 bits per heavy atom.